The van der Waals surface area contributed by atoms with E-state index >= 15 is 0 Å². The average molecular weight is 319 g/mol. The molecule has 6 rings (SSSR count). The van der Waals surface area contributed by atoms with Gasteiger partial charge < -0.3 is 14.8 Å². The van der Waals surface area contributed by atoms with Crippen LogP contribution in [0, 0.1) is 0 Å². The fraction of sp³-hybridized carbons (Fsp3) is 0.368. The number of nitrogens with zero attached hydrogens (tertiary/aromatic N) is 4. The molecule has 3 fully saturated rings. The van der Waals surface area contributed by atoms with Gasteiger partial charge in [-0.2, -0.15) is 0 Å². The van der Waals surface area contributed by atoms with E-state index in [-0.39, 0.29) is 0 Å². The molecule has 5 heteroatoms. The Morgan fingerprint density at radius 1 is 0.917 bits per heavy atom. The van der Waals surface area contributed by atoms with Gasteiger partial charge in [-0.25, -0.2) is 0 Å². The summed E-state index contributed by atoms with van der Waals surface area (Å²) in [6.45, 7) is 4.66. The molecule has 3 aromatic rings. The third-order valence-electron chi connectivity index (χ3n) is 5.45. The second-order valence-corrected chi connectivity index (χ2v) is 6.82. The van der Waals surface area contributed by atoms with Crippen molar-refractivity contribution in [2.45, 2.75) is 18.9 Å². The molecule has 0 spiro atoms. The van der Waals surface area contributed by atoms with E-state index in [2.05, 4.69) is 61.4 Å². The summed E-state index contributed by atoms with van der Waals surface area (Å²) in [5.41, 5.74) is 3.20. The molecule has 1 aromatic carbocycles. The fourth-order valence-corrected chi connectivity index (χ4v) is 4.03. The summed E-state index contributed by atoms with van der Waals surface area (Å²) in [7, 11) is 0. The number of nitrogens with one attached hydrogen (secondary N) is 1. The SMILES string of the molecule is c1cc2cc(-c3ccc(N4CCN5CCC4CC5)nn3)ccc2[nH]1. The molecular weight excluding hydrogens is 298 g/mol. The van der Waals surface area contributed by atoms with Gasteiger partial charge in [-0.3, -0.25) is 0 Å². The van der Waals surface area contributed by atoms with E-state index in [1.54, 1.807) is 0 Å². The summed E-state index contributed by atoms with van der Waals surface area (Å²) in [4.78, 5) is 8.24. The zero-order valence-electron chi connectivity index (χ0n) is 13.7. The normalized spacial score (nSPS) is 23.6. The van der Waals surface area contributed by atoms with Gasteiger partial charge in [-0.15, -0.1) is 10.2 Å². The van der Waals surface area contributed by atoms with Crippen molar-refractivity contribution < 1.29 is 0 Å². The lowest BCUT2D eigenvalue weighted by molar-refractivity contribution is 0.250. The van der Waals surface area contributed by atoms with Gasteiger partial charge in [-0.1, -0.05) is 6.07 Å². The van der Waals surface area contributed by atoms with Gasteiger partial charge >= 0.3 is 0 Å². The third-order valence-corrected chi connectivity index (χ3v) is 5.45. The van der Waals surface area contributed by atoms with Crippen LogP contribution in [0.5, 0.6) is 0 Å². The van der Waals surface area contributed by atoms with Gasteiger partial charge in [0.25, 0.3) is 0 Å². The molecule has 3 saturated heterocycles. The molecule has 2 bridgehead atoms. The predicted octanol–water partition coefficient (Wildman–Crippen LogP) is 2.91. The molecule has 5 heterocycles. The predicted molar refractivity (Wildman–Crippen MR) is 96.1 cm³/mol. The Morgan fingerprint density at radius 2 is 1.83 bits per heavy atom. The minimum absolute atomic E-state index is 0.625. The third kappa shape index (κ3) is 2.36. The van der Waals surface area contributed by atoms with Crippen molar-refractivity contribution in [3.63, 3.8) is 0 Å². The van der Waals surface area contributed by atoms with Crippen LogP contribution in [0.2, 0.25) is 0 Å². The lowest BCUT2D eigenvalue weighted by atomic mass is 10.1. The summed E-state index contributed by atoms with van der Waals surface area (Å²) in [6.07, 6.45) is 4.45. The number of anilines is 1. The van der Waals surface area contributed by atoms with Gasteiger partial charge in [0.2, 0.25) is 0 Å². The zero-order chi connectivity index (χ0) is 15.9. The summed E-state index contributed by atoms with van der Waals surface area (Å²) in [6, 6.07) is 13.3. The number of hydrogen-bond donors (Lipinski definition) is 1. The first-order chi connectivity index (χ1) is 11.9. The average Bonchev–Trinajstić information content (AvgIpc) is 2.91. The Bertz CT molecular complexity index is 846. The van der Waals surface area contributed by atoms with Crippen molar-refractivity contribution in [1.29, 1.82) is 0 Å². The standard InChI is InChI=1S/C19H21N5/c1-2-17-15(5-8-20-17)13-14(1)18-3-4-19(22-21-18)24-12-11-23-9-6-16(24)7-10-23/h1-5,8,13,16,20H,6-7,9-12H2. The zero-order valence-corrected chi connectivity index (χ0v) is 13.7. The maximum atomic E-state index is 4.55. The van der Waals surface area contributed by atoms with Crippen molar-refractivity contribution in [3.05, 3.63) is 42.6 Å². The Balaban J connectivity index is 1.44. The summed E-state index contributed by atoms with van der Waals surface area (Å²) in [5.74, 6) is 1.02. The second-order valence-electron chi connectivity index (χ2n) is 6.82. The van der Waals surface area contributed by atoms with E-state index in [1.807, 2.05) is 6.20 Å². The second kappa shape index (κ2) is 5.60. The lowest BCUT2D eigenvalue weighted by Gasteiger charge is -2.31. The molecule has 24 heavy (non-hydrogen) atoms. The first-order valence-electron chi connectivity index (χ1n) is 8.77. The highest BCUT2D eigenvalue weighted by Crippen LogP contribution is 2.27. The van der Waals surface area contributed by atoms with Crippen LogP contribution < -0.4 is 4.90 Å². The molecule has 0 unspecified atom stereocenters. The molecule has 2 aromatic heterocycles. The molecule has 1 N–H and O–H groups in total. The highest BCUT2D eigenvalue weighted by molar-refractivity contribution is 5.84. The summed E-state index contributed by atoms with van der Waals surface area (Å²) in [5, 5.41) is 10.3. The number of H-pyrrole nitrogens is 1. The fourth-order valence-electron chi connectivity index (χ4n) is 4.03. The quantitative estimate of drug-likeness (QED) is 0.789. The van der Waals surface area contributed by atoms with E-state index in [0.29, 0.717) is 6.04 Å². The highest BCUT2D eigenvalue weighted by Gasteiger charge is 2.29. The molecular formula is C19H21N5. The highest BCUT2D eigenvalue weighted by atomic mass is 15.3. The van der Waals surface area contributed by atoms with E-state index in [1.165, 1.54) is 31.3 Å². The van der Waals surface area contributed by atoms with Crippen LogP contribution in [0.4, 0.5) is 5.82 Å². The molecule has 0 aliphatic carbocycles. The van der Waals surface area contributed by atoms with Crippen LogP contribution >= 0.6 is 0 Å². The molecule has 0 saturated carbocycles. The van der Waals surface area contributed by atoms with Crippen molar-refractivity contribution >= 4 is 16.7 Å². The van der Waals surface area contributed by atoms with E-state index in [9.17, 15) is 0 Å². The molecule has 3 aliphatic heterocycles. The topological polar surface area (TPSA) is 48.1 Å². The largest absolute Gasteiger partial charge is 0.361 e. The van der Waals surface area contributed by atoms with Crippen molar-refractivity contribution in [3.8, 4) is 11.3 Å². The van der Waals surface area contributed by atoms with Crippen LogP contribution in [0.25, 0.3) is 22.2 Å². The van der Waals surface area contributed by atoms with Crippen LogP contribution in [0.3, 0.4) is 0 Å². The minimum atomic E-state index is 0.625. The van der Waals surface area contributed by atoms with E-state index in [0.717, 1.165) is 35.7 Å². The Hall–Kier alpha value is -2.40. The smallest absolute Gasteiger partial charge is 0.151 e. The lowest BCUT2D eigenvalue weighted by Crippen LogP contribution is -2.38. The number of hydrogen-bond acceptors (Lipinski definition) is 4. The monoisotopic (exact) mass is 319 g/mol. The van der Waals surface area contributed by atoms with Gasteiger partial charge in [-0.05, 0) is 43.2 Å². The van der Waals surface area contributed by atoms with Crippen molar-refractivity contribution in [2.75, 3.05) is 31.1 Å². The summed E-state index contributed by atoms with van der Waals surface area (Å²) >= 11 is 0. The number of aromatic nitrogens is 3. The molecule has 0 radical (unpaired) electrons. The van der Waals surface area contributed by atoms with Crippen molar-refractivity contribution in [2.24, 2.45) is 0 Å². The van der Waals surface area contributed by atoms with Crippen LogP contribution in [0.15, 0.2) is 42.6 Å². The van der Waals surface area contributed by atoms with Crippen LogP contribution in [0.1, 0.15) is 12.8 Å². The first kappa shape index (κ1) is 14.0. The maximum Gasteiger partial charge on any atom is 0.151 e. The van der Waals surface area contributed by atoms with Crippen LogP contribution in [-0.4, -0.2) is 52.3 Å². The van der Waals surface area contributed by atoms with E-state index in [4.69, 9.17) is 0 Å². The van der Waals surface area contributed by atoms with Gasteiger partial charge in [0.1, 0.15) is 0 Å². The Labute approximate surface area is 141 Å². The number of aromatic amines is 1. The Morgan fingerprint density at radius 3 is 2.67 bits per heavy atom. The number of rotatable bonds is 2. The summed E-state index contributed by atoms with van der Waals surface area (Å²) < 4.78 is 0. The Kier molecular flexibility index (Phi) is 3.26. The van der Waals surface area contributed by atoms with Gasteiger partial charge in [0.05, 0.1) is 5.69 Å². The molecule has 3 aliphatic rings. The van der Waals surface area contributed by atoms with Gasteiger partial charge in [0, 0.05) is 54.9 Å². The van der Waals surface area contributed by atoms with Gasteiger partial charge in [0.15, 0.2) is 5.82 Å². The molecule has 122 valence electrons. The molecule has 5 nitrogen and oxygen atoms in total. The first-order valence-corrected chi connectivity index (χ1v) is 8.77. The number of benzene rings is 1. The van der Waals surface area contributed by atoms with Crippen LogP contribution in [-0.2, 0) is 0 Å². The molecule has 0 amide bonds. The maximum absolute atomic E-state index is 4.55. The number of piperidine rings is 1. The molecule has 0 atom stereocenters. The number of fused-ring (bicyclic) bond motifs is 5. The minimum Gasteiger partial charge on any atom is -0.361 e. The van der Waals surface area contributed by atoms with E-state index < -0.39 is 0 Å². The van der Waals surface area contributed by atoms with Crippen molar-refractivity contribution in [1.82, 2.24) is 20.1 Å².